The van der Waals surface area contributed by atoms with E-state index in [1.807, 2.05) is 0 Å². The molecule has 11 nitrogen and oxygen atoms in total. The molecule has 1 aliphatic carbocycles. The summed E-state index contributed by atoms with van der Waals surface area (Å²) in [5.74, 6) is 0.832. The molecule has 248 valence electrons. The van der Waals surface area contributed by atoms with Crippen molar-refractivity contribution in [1.29, 1.82) is 5.41 Å². The number of amides is 1. The van der Waals surface area contributed by atoms with Crippen molar-refractivity contribution in [3.05, 3.63) is 71.4 Å². The molecule has 1 aromatic heterocycles. The van der Waals surface area contributed by atoms with Crippen molar-refractivity contribution in [3.63, 3.8) is 0 Å². The molecule has 5 N–H and O–H groups in total. The fourth-order valence-corrected chi connectivity index (χ4v) is 6.49. The Balaban J connectivity index is 1.48. The summed E-state index contributed by atoms with van der Waals surface area (Å²) >= 11 is 0. The lowest BCUT2D eigenvalue weighted by Gasteiger charge is -2.27. The fourth-order valence-electron chi connectivity index (χ4n) is 5.30. The van der Waals surface area contributed by atoms with Gasteiger partial charge in [-0.3, -0.25) is 14.5 Å². The van der Waals surface area contributed by atoms with Crippen molar-refractivity contribution in [2.24, 2.45) is 0 Å². The number of aliphatic hydroxyl groups excluding tert-OH is 1. The molecule has 0 spiro atoms. The molecule has 4 rings (SSSR count). The number of aromatic nitrogens is 2. The summed E-state index contributed by atoms with van der Waals surface area (Å²) in [5, 5.41) is 28.5. The zero-order valence-electron chi connectivity index (χ0n) is 27.1. The third kappa shape index (κ3) is 9.03. The maximum Gasteiger partial charge on any atom is 0.264 e. The Kier molecular flexibility index (Phi) is 12.5. The van der Waals surface area contributed by atoms with Gasteiger partial charge in [-0.05, 0) is 74.9 Å². The Morgan fingerprint density at radius 1 is 0.935 bits per heavy atom. The third-order valence-corrected chi connectivity index (χ3v) is 10.1. The van der Waals surface area contributed by atoms with E-state index in [2.05, 4.69) is 34.8 Å². The summed E-state index contributed by atoms with van der Waals surface area (Å²) in [6.45, 7) is 5.56. The minimum Gasteiger partial charge on any atom is -0.393 e. The van der Waals surface area contributed by atoms with Gasteiger partial charge in [0, 0.05) is 43.5 Å². The second kappa shape index (κ2) is 16.5. The average molecular weight is 650 g/mol. The number of rotatable bonds is 16. The Morgan fingerprint density at radius 2 is 1.59 bits per heavy atom. The lowest BCUT2D eigenvalue weighted by molar-refractivity contribution is 0.0953. The van der Waals surface area contributed by atoms with Gasteiger partial charge in [-0.15, -0.1) is 0 Å². The molecule has 0 unspecified atom stereocenters. The van der Waals surface area contributed by atoms with Gasteiger partial charge in [-0.1, -0.05) is 45.2 Å². The summed E-state index contributed by atoms with van der Waals surface area (Å²) in [6, 6.07) is 12.8. The summed E-state index contributed by atoms with van der Waals surface area (Å²) in [7, 11) is -2.43. The summed E-state index contributed by atoms with van der Waals surface area (Å²) in [4.78, 5) is 21.6. The molecule has 0 saturated heterocycles. The van der Waals surface area contributed by atoms with Crippen LogP contribution in [0.15, 0.2) is 59.6 Å². The van der Waals surface area contributed by atoms with Gasteiger partial charge in [0.2, 0.25) is 5.95 Å². The molecule has 0 bridgehead atoms. The number of carbonyl (C=O) groups excluding carboxylic acids is 1. The van der Waals surface area contributed by atoms with Crippen LogP contribution in [0.3, 0.4) is 0 Å². The van der Waals surface area contributed by atoms with Crippen LogP contribution in [0.1, 0.15) is 93.1 Å². The zero-order chi connectivity index (χ0) is 33.1. The average Bonchev–Trinajstić information content (AvgIpc) is 3.07. The minimum absolute atomic E-state index is 0.0788. The van der Waals surface area contributed by atoms with Crippen molar-refractivity contribution in [1.82, 2.24) is 15.3 Å². The second-order valence-corrected chi connectivity index (χ2v) is 13.7. The Bertz CT molecular complexity index is 1560. The quantitative estimate of drug-likeness (QED) is 0.0995. The monoisotopic (exact) mass is 649 g/mol. The number of carbonyl (C=O) groups is 1. The van der Waals surface area contributed by atoms with Crippen LogP contribution in [0.25, 0.3) is 0 Å². The highest BCUT2D eigenvalue weighted by Gasteiger charge is 2.24. The van der Waals surface area contributed by atoms with Crippen molar-refractivity contribution in [2.45, 2.75) is 88.7 Å². The van der Waals surface area contributed by atoms with Crippen LogP contribution in [-0.4, -0.2) is 67.4 Å². The molecule has 1 heterocycles. The van der Waals surface area contributed by atoms with E-state index < -0.39 is 10.0 Å². The van der Waals surface area contributed by atoms with Crippen molar-refractivity contribution in [3.8, 4) is 0 Å². The Labute approximate surface area is 272 Å². The lowest BCUT2D eigenvalue weighted by Crippen LogP contribution is -2.29. The second-order valence-electron chi connectivity index (χ2n) is 11.8. The number of hydrogen-bond acceptors (Lipinski definition) is 9. The largest absolute Gasteiger partial charge is 0.393 e. The fraction of sp³-hybridized carbons (Fsp3) is 0.471. The summed E-state index contributed by atoms with van der Waals surface area (Å²) < 4.78 is 28.2. The molecule has 46 heavy (non-hydrogen) atoms. The van der Waals surface area contributed by atoms with E-state index in [0.717, 1.165) is 51.5 Å². The van der Waals surface area contributed by atoms with Crippen LogP contribution < -0.4 is 20.3 Å². The highest BCUT2D eigenvalue weighted by Crippen LogP contribution is 2.27. The highest BCUT2D eigenvalue weighted by molar-refractivity contribution is 7.92. The number of benzene rings is 2. The molecule has 0 atom stereocenters. The SMILES string of the molecule is CCCCCNC(=O)c1ccc(N(C)S(=O)(=O)c2ccc(C(=N)c3cnc(NCCCC)nc3NC3CCC(O)CC3)cc2)cc1. The van der Waals surface area contributed by atoms with Gasteiger partial charge < -0.3 is 21.1 Å². The van der Waals surface area contributed by atoms with Gasteiger partial charge in [-0.25, -0.2) is 13.4 Å². The van der Waals surface area contributed by atoms with E-state index in [9.17, 15) is 18.3 Å². The van der Waals surface area contributed by atoms with Crippen LogP contribution in [0.2, 0.25) is 0 Å². The zero-order valence-corrected chi connectivity index (χ0v) is 27.9. The van der Waals surface area contributed by atoms with Crippen LogP contribution in [-0.2, 0) is 10.0 Å². The van der Waals surface area contributed by atoms with Gasteiger partial charge in [0.15, 0.2) is 0 Å². The normalized spacial score (nSPS) is 16.4. The number of anilines is 3. The van der Waals surface area contributed by atoms with Gasteiger partial charge in [-0.2, -0.15) is 4.98 Å². The van der Waals surface area contributed by atoms with E-state index in [1.54, 1.807) is 42.6 Å². The predicted molar refractivity (Wildman–Crippen MR) is 184 cm³/mol. The smallest absolute Gasteiger partial charge is 0.264 e. The van der Waals surface area contributed by atoms with E-state index in [0.29, 0.717) is 53.5 Å². The van der Waals surface area contributed by atoms with E-state index in [1.165, 1.54) is 23.5 Å². The number of unbranched alkanes of at least 4 members (excludes halogenated alkanes) is 3. The van der Waals surface area contributed by atoms with Gasteiger partial charge in [0.1, 0.15) is 5.82 Å². The summed E-state index contributed by atoms with van der Waals surface area (Å²) in [5.41, 5.74) is 2.09. The first-order chi connectivity index (χ1) is 22.1. The van der Waals surface area contributed by atoms with E-state index in [4.69, 9.17) is 10.4 Å². The number of hydrogen-bond donors (Lipinski definition) is 5. The topological polar surface area (TPSA) is 160 Å². The first kappa shape index (κ1) is 34.8. The first-order valence-corrected chi connectivity index (χ1v) is 17.7. The molecule has 0 radical (unpaired) electrons. The predicted octanol–water partition coefficient (Wildman–Crippen LogP) is 5.57. The molecule has 1 saturated carbocycles. The van der Waals surface area contributed by atoms with Gasteiger partial charge >= 0.3 is 0 Å². The molecule has 3 aromatic rings. The van der Waals surface area contributed by atoms with Crippen LogP contribution >= 0.6 is 0 Å². The summed E-state index contributed by atoms with van der Waals surface area (Å²) in [6.07, 6.45) is 9.41. The molecule has 2 aromatic carbocycles. The Hall–Kier alpha value is -4.03. The number of nitrogens with zero attached hydrogens (tertiary/aromatic N) is 3. The van der Waals surface area contributed by atoms with Crippen LogP contribution in [0.4, 0.5) is 17.5 Å². The maximum atomic E-state index is 13.5. The number of aliphatic hydroxyl groups is 1. The molecular weight excluding hydrogens is 602 g/mol. The minimum atomic E-state index is -3.90. The van der Waals surface area contributed by atoms with Crippen LogP contribution in [0.5, 0.6) is 0 Å². The van der Waals surface area contributed by atoms with E-state index in [-0.39, 0.29) is 28.7 Å². The van der Waals surface area contributed by atoms with E-state index >= 15 is 0 Å². The molecule has 1 amide bonds. The van der Waals surface area contributed by atoms with Crippen molar-refractivity contribution in [2.75, 3.05) is 35.1 Å². The lowest BCUT2D eigenvalue weighted by atomic mass is 9.93. The number of sulfonamides is 1. The Morgan fingerprint density at radius 3 is 2.24 bits per heavy atom. The standard InChI is InChI=1S/C34H47N7O4S/c1-4-6-8-22-36-33(43)25-9-15-27(16-10-25)41(3)46(44,45)29-19-11-24(12-20-29)31(35)30-23-38-34(37-21-7-5-2)40-32(30)39-26-13-17-28(42)18-14-26/h9-12,15-16,19-20,23,26,28,35,42H,4-8,13-14,17-18,21-22H2,1-3H3,(H,36,43)(H2,37,38,39,40). The third-order valence-electron chi connectivity index (χ3n) is 8.27. The maximum absolute atomic E-state index is 13.5. The van der Waals surface area contributed by atoms with Crippen molar-refractivity contribution >= 4 is 39.1 Å². The first-order valence-electron chi connectivity index (χ1n) is 16.3. The van der Waals surface area contributed by atoms with Crippen LogP contribution in [0, 0.1) is 5.41 Å². The molecule has 1 fully saturated rings. The van der Waals surface area contributed by atoms with Crippen molar-refractivity contribution < 1.29 is 18.3 Å². The van der Waals surface area contributed by atoms with Gasteiger partial charge in [0.25, 0.3) is 15.9 Å². The molecular formula is C34H47N7O4S. The molecule has 12 heteroatoms. The molecule has 1 aliphatic rings. The van der Waals surface area contributed by atoms with Gasteiger partial charge in [0.05, 0.1) is 28.0 Å². The number of nitrogens with one attached hydrogen (secondary N) is 4. The molecule has 0 aliphatic heterocycles. The highest BCUT2D eigenvalue weighted by atomic mass is 32.2.